The van der Waals surface area contributed by atoms with Gasteiger partial charge in [0.25, 0.3) is 5.56 Å². The third kappa shape index (κ3) is 3.83. The van der Waals surface area contributed by atoms with E-state index in [1.807, 2.05) is 43.3 Å². The van der Waals surface area contributed by atoms with Crippen LogP contribution in [0.5, 0.6) is 5.88 Å². The third-order valence-corrected chi connectivity index (χ3v) is 4.40. The molecule has 0 aliphatic rings. The minimum atomic E-state index is -0.595. The normalized spacial score (nSPS) is 12.9. The molecule has 0 amide bonds. The number of aromatic hydroxyl groups is 1. The van der Waals surface area contributed by atoms with Crippen LogP contribution in [0.15, 0.2) is 38.8 Å². The van der Waals surface area contributed by atoms with Gasteiger partial charge in [-0.3, -0.25) is 18.9 Å². The standard InChI is InChI=1S/C17H21ClN4O3/c1-20(2)14(11-7-5-6-8-13(11)18)10-19-9-12-15(23)21(3)17(25)22(4)16(12)24/h5-9,14,23H,10H2,1-4H3/t14-/m1/s1. The number of likely N-dealkylation sites (N-methyl/N-ethyl adjacent to an activating group) is 1. The van der Waals surface area contributed by atoms with Crippen LogP contribution in [-0.2, 0) is 14.1 Å². The summed E-state index contributed by atoms with van der Waals surface area (Å²) in [6.45, 7) is 0.335. The van der Waals surface area contributed by atoms with Crippen LogP contribution in [0.2, 0.25) is 5.02 Å². The van der Waals surface area contributed by atoms with E-state index in [9.17, 15) is 14.7 Å². The maximum atomic E-state index is 12.2. The molecule has 0 fully saturated rings. The molecule has 0 bridgehead atoms. The zero-order chi connectivity index (χ0) is 18.7. The fraction of sp³-hybridized carbons (Fsp3) is 0.353. The van der Waals surface area contributed by atoms with Crippen molar-refractivity contribution in [3.05, 3.63) is 61.3 Å². The van der Waals surface area contributed by atoms with Gasteiger partial charge in [0, 0.05) is 25.3 Å². The first-order valence-corrected chi connectivity index (χ1v) is 8.03. The lowest BCUT2D eigenvalue weighted by molar-refractivity contribution is 0.307. The average molecular weight is 365 g/mol. The topological polar surface area (TPSA) is 79.8 Å². The lowest BCUT2D eigenvalue weighted by Crippen LogP contribution is -2.38. The number of hydrogen-bond acceptors (Lipinski definition) is 5. The van der Waals surface area contributed by atoms with Crippen molar-refractivity contribution in [3.8, 4) is 5.88 Å². The molecule has 7 nitrogen and oxygen atoms in total. The van der Waals surface area contributed by atoms with Crippen LogP contribution < -0.4 is 11.2 Å². The SMILES string of the molecule is CN(C)[C@H](CN=Cc1c(O)n(C)c(=O)n(C)c1=O)c1ccccc1Cl. The van der Waals surface area contributed by atoms with E-state index >= 15 is 0 Å². The fourth-order valence-corrected chi connectivity index (χ4v) is 2.76. The summed E-state index contributed by atoms with van der Waals surface area (Å²) in [7, 11) is 6.56. The first-order chi connectivity index (χ1) is 11.8. The summed E-state index contributed by atoms with van der Waals surface area (Å²) in [4.78, 5) is 30.2. The fourth-order valence-electron chi connectivity index (χ4n) is 2.50. The smallest absolute Gasteiger partial charge is 0.333 e. The van der Waals surface area contributed by atoms with Crippen molar-refractivity contribution in [2.45, 2.75) is 6.04 Å². The molecule has 0 spiro atoms. The molecule has 1 heterocycles. The summed E-state index contributed by atoms with van der Waals surface area (Å²) in [6.07, 6.45) is 1.30. The lowest BCUT2D eigenvalue weighted by Gasteiger charge is -2.24. The molecular formula is C17H21ClN4O3. The van der Waals surface area contributed by atoms with Crippen molar-refractivity contribution in [1.82, 2.24) is 14.0 Å². The number of halogens is 1. The number of hydrogen-bond donors (Lipinski definition) is 1. The Hall–Kier alpha value is -2.38. The Bertz CT molecular complexity index is 915. The monoisotopic (exact) mass is 364 g/mol. The highest BCUT2D eigenvalue weighted by Gasteiger charge is 2.17. The molecule has 0 unspecified atom stereocenters. The minimum Gasteiger partial charge on any atom is -0.494 e. The molecule has 0 aliphatic carbocycles. The third-order valence-electron chi connectivity index (χ3n) is 4.05. The number of benzene rings is 1. The van der Waals surface area contributed by atoms with Crippen LogP contribution >= 0.6 is 11.6 Å². The summed E-state index contributed by atoms with van der Waals surface area (Å²) in [5, 5.41) is 10.7. The van der Waals surface area contributed by atoms with Crippen molar-refractivity contribution >= 4 is 17.8 Å². The molecule has 8 heteroatoms. The summed E-state index contributed by atoms with van der Waals surface area (Å²) in [6, 6.07) is 7.39. The zero-order valence-corrected chi connectivity index (χ0v) is 15.4. The molecular weight excluding hydrogens is 344 g/mol. The van der Waals surface area contributed by atoms with E-state index in [1.165, 1.54) is 20.3 Å². The van der Waals surface area contributed by atoms with E-state index in [0.717, 1.165) is 14.7 Å². The van der Waals surface area contributed by atoms with Crippen LogP contribution in [0.4, 0.5) is 0 Å². The van der Waals surface area contributed by atoms with Gasteiger partial charge in [-0.25, -0.2) is 4.79 Å². The molecule has 0 radical (unpaired) electrons. The van der Waals surface area contributed by atoms with E-state index in [4.69, 9.17) is 11.6 Å². The van der Waals surface area contributed by atoms with Gasteiger partial charge in [-0.15, -0.1) is 0 Å². The second-order valence-electron chi connectivity index (χ2n) is 5.94. The van der Waals surface area contributed by atoms with Gasteiger partial charge in [0.15, 0.2) is 0 Å². The summed E-state index contributed by atoms with van der Waals surface area (Å²) in [5.41, 5.74) is -0.296. The van der Waals surface area contributed by atoms with Crippen molar-refractivity contribution < 1.29 is 5.11 Å². The highest BCUT2D eigenvalue weighted by molar-refractivity contribution is 6.31. The number of aromatic nitrogens is 2. The van der Waals surface area contributed by atoms with Crippen molar-refractivity contribution in [2.24, 2.45) is 19.1 Å². The van der Waals surface area contributed by atoms with Gasteiger partial charge in [-0.05, 0) is 25.7 Å². The largest absolute Gasteiger partial charge is 0.494 e. The maximum absolute atomic E-state index is 12.2. The number of aliphatic imine (C=N–C) groups is 1. The van der Waals surface area contributed by atoms with Crippen molar-refractivity contribution in [2.75, 3.05) is 20.6 Å². The van der Waals surface area contributed by atoms with Gasteiger partial charge in [-0.1, -0.05) is 29.8 Å². The molecule has 1 atom stereocenters. The Morgan fingerprint density at radius 1 is 1.24 bits per heavy atom. The Morgan fingerprint density at radius 3 is 2.48 bits per heavy atom. The van der Waals surface area contributed by atoms with Gasteiger partial charge in [0.1, 0.15) is 5.56 Å². The predicted molar refractivity (Wildman–Crippen MR) is 98.9 cm³/mol. The maximum Gasteiger partial charge on any atom is 0.333 e. The molecule has 1 aromatic carbocycles. The van der Waals surface area contributed by atoms with Crippen LogP contribution in [-0.4, -0.2) is 46.0 Å². The molecule has 2 rings (SSSR count). The molecule has 1 N–H and O–H groups in total. The first kappa shape index (κ1) is 19.0. The first-order valence-electron chi connectivity index (χ1n) is 7.65. The van der Waals surface area contributed by atoms with Crippen LogP contribution in [0.25, 0.3) is 0 Å². The molecule has 1 aromatic heterocycles. The highest BCUT2D eigenvalue weighted by atomic mass is 35.5. The molecule has 134 valence electrons. The van der Waals surface area contributed by atoms with Gasteiger partial charge in [0.2, 0.25) is 5.88 Å². The van der Waals surface area contributed by atoms with Gasteiger partial charge in [0.05, 0.1) is 12.6 Å². The van der Waals surface area contributed by atoms with Crippen molar-refractivity contribution in [1.29, 1.82) is 0 Å². The Morgan fingerprint density at radius 2 is 1.88 bits per heavy atom. The van der Waals surface area contributed by atoms with E-state index in [-0.39, 0.29) is 11.6 Å². The number of nitrogens with zero attached hydrogens (tertiary/aromatic N) is 4. The van der Waals surface area contributed by atoms with E-state index in [0.29, 0.717) is 11.6 Å². The Balaban J connectivity index is 2.36. The second kappa shape index (κ2) is 7.67. The summed E-state index contributed by atoms with van der Waals surface area (Å²) >= 11 is 6.26. The van der Waals surface area contributed by atoms with Gasteiger partial charge in [-0.2, -0.15) is 0 Å². The molecule has 0 saturated heterocycles. The van der Waals surface area contributed by atoms with Gasteiger partial charge >= 0.3 is 5.69 Å². The molecule has 2 aromatic rings. The van der Waals surface area contributed by atoms with Gasteiger partial charge < -0.3 is 10.0 Å². The molecule has 25 heavy (non-hydrogen) atoms. The number of rotatable bonds is 5. The van der Waals surface area contributed by atoms with E-state index in [2.05, 4.69) is 4.99 Å². The van der Waals surface area contributed by atoms with Crippen molar-refractivity contribution in [3.63, 3.8) is 0 Å². The average Bonchev–Trinajstić information content (AvgIpc) is 2.58. The molecule has 0 saturated carbocycles. The van der Waals surface area contributed by atoms with E-state index in [1.54, 1.807) is 0 Å². The Kier molecular flexibility index (Phi) is 5.81. The lowest BCUT2D eigenvalue weighted by atomic mass is 10.1. The summed E-state index contributed by atoms with van der Waals surface area (Å²) in [5.74, 6) is -0.406. The second-order valence-corrected chi connectivity index (χ2v) is 6.35. The quantitative estimate of drug-likeness (QED) is 0.807. The Labute approximate surface area is 150 Å². The summed E-state index contributed by atoms with van der Waals surface area (Å²) < 4.78 is 1.93. The predicted octanol–water partition coefficient (Wildman–Crippen LogP) is 1.16. The zero-order valence-electron chi connectivity index (χ0n) is 14.6. The minimum absolute atomic E-state index is 0.0266. The van der Waals surface area contributed by atoms with E-state index < -0.39 is 17.1 Å². The van der Waals surface area contributed by atoms with Crippen LogP contribution in [0.3, 0.4) is 0 Å². The van der Waals surface area contributed by atoms with Crippen LogP contribution in [0.1, 0.15) is 17.2 Å². The molecule has 0 aliphatic heterocycles. The highest BCUT2D eigenvalue weighted by Crippen LogP contribution is 2.26. The van der Waals surface area contributed by atoms with Crippen LogP contribution in [0, 0.1) is 0 Å².